The van der Waals surface area contributed by atoms with Gasteiger partial charge >= 0.3 is 0 Å². The number of rotatable bonds is 5. The molecular weight excluding hydrogens is 342 g/mol. The Morgan fingerprint density at radius 3 is 2.52 bits per heavy atom. The van der Waals surface area contributed by atoms with Gasteiger partial charge in [-0.25, -0.2) is 9.97 Å². The van der Waals surface area contributed by atoms with Gasteiger partial charge in [0.05, 0.1) is 23.1 Å². The first-order valence-electron chi connectivity index (χ1n) is 8.41. The second-order valence-corrected chi connectivity index (χ2v) is 6.04. The van der Waals surface area contributed by atoms with Crippen LogP contribution >= 0.6 is 0 Å². The zero-order valence-corrected chi connectivity index (χ0v) is 14.9. The van der Waals surface area contributed by atoms with E-state index in [1.165, 1.54) is 0 Å². The van der Waals surface area contributed by atoms with Crippen molar-refractivity contribution in [2.45, 2.75) is 20.4 Å². The van der Waals surface area contributed by atoms with Crippen LogP contribution in [0.5, 0.6) is 0 Å². The quantitative estimate of drug-likeness (QED) is 0.579. The van der Waals surface area contributed by atoms with Crippen LogP contribution in [0.25, 0.3) is 22.7 Å². The molecule has 8 nitrogen and oxygen atoms in total. The van der Waals surface area contributed by atoms with E-state index in [1.807, 2.05) is 32.0 Å². The summed E-state index contributed by atoms with van der Waals surface area (Å²) in [6.45, 7) is 4.34. The molecule has 4 aromatic heterocycles. The molecule has 0 bridgehead atoms. The number of aryl methyl sites for hydroxylation is 2. The fraction of sp³-hybridized carbons (Fsp3) is 0.158. The molecule has 0 saturated heterocycles. The third kappa shape index (κ3) is 3.79. The molecule has 4 heterocycles. The number of pyridine rings is 1. The van der Waals surface area contributed by atoms with Crippen molar-refractivity contribution in [3.63, 3.8) is 0 Å². The fourth-order valence-electron chi connectivity index (χ4n) is 2.53. The predicted octanol–water partition coefficient (Wildman–Crippen LogP) is 3.21. The molecule has 0 saturated carbocycles. The van der Waals surface area contributed by atoms with Crippen molar-refractivity contribution in [2.75, 3.05) is 5.32 Å². The minimum atomic E-state index is 0.490. The lowest BCUT2D eigenvalue weighted by Crippen LogP contribution is -2.05. The summed E-state index contributed by atoms with van der Waals surface area (Å²) >= 11 is 0. The van der Waals surface area contributed by atoms with Crippen LogP contribution in [0, 0.1) is 13.8 Å². The molecule has 0 unspecified atom stereocenters. The zero-order valence-electron chi connectivity index (χ0n) is 14.9. The molecule has 0 atom stereocenters. The smallest absolute Gasteiger partial charge is 0.223 e. The number of anilines is 1. The first-order chi connectivity index (χ1) is 13.2. The fourth-order valence-corrected chi connectivity index (χ4v) is 2.53. The predicted molar refractivity (Wildman–Crippen MR) is 99.6 cm³/mol. The van der Waals surface area contributed by atoms with E-state index >= 15 is 0 Å². The molecule has 0 aliphatic heterocycles. The van der Waals surface area contributed by atoms with E-state index in [-0.39, 0.29) is 0 Å². The molecule has 0 radical (unpaired) electrons. The topological polar surface area (TPSA) is 103 Å². The summed E-state index contributed by atoms with van der Waals surface area (Å²) in [4.78, 5) is 21.8. The van der Waals surface area contributed by atoms with Gasteiger partial charge in [0, 0.05) is 37.4 Å². The molecule has 4 aromatic rings. The van der Waals surface area contributed by atoms with E-state index in [9.17, 15) is 0 Å². The third-order valence-corrected chi connectivity index (χ3v) is 3.91. The van der Waals surface area contributed by atoms with Crippen molar-refractivity contribution < 1.29 is 4.52 Å². The largest absolute Gasteiger partial charge is 0.356 e. The molecule has 0 spiro atoms. The average molecular weight is 359 g/mol. The molecule has 4 rings (SSSR count). The van der Waals surface area contributed by atoms with Gasteiger partial charge in [0.25, 0.3) is 0 Å². The summed E-state index contributed by atoms with van der Waals surface area (Å²) in [6.07, 6.45) is 8.60. The van der Waals surface area contributed by atoms with Crippen LogP contribution in [0.4, 0.5) is 5.95 Å². The second kappa shape index (κ2) is 7.28. The Labute approximate surface area is 155 Å². The van der Waals surface area contributed by atoms with Crippen LogP contribution in [-0.2, 0) is 6.54 Å². The van der Waals surface area contributed by atoms with Gasteiger partial charge in [0.1, 0.15) is 11.4 Å². The molecule has 1 N–H and O–H groups in total. The van der Waals surface area contributed by atoms with E-state index in [0.717, 1.165) is 17.0 Å². The molecule has 0 aromatic carbocycles. The minimum Gasteiger partial charge on any atom is -0.356 e. The lowest BCUT2D eigenvalue weighted by Gasteiger charge is -2.09. The Bertz CT molecular complexity index is 1050. The summed E-state index contributed by atoms with van der Waals surface area (Å²) in [7, 11) is 0. The van der Waals surface area contributed by atoms with E-state index in [2.05, 4.69) is 35.4 Å². The molecule has 134 valence electrons. The number of nitrogens with one attached hydrogen (secondary N) is 1. The maximum atomic E-state index is 5.40. The Kier molecular flexibility index (Phi) is 4.52. The maximum Gasteiger partial charge on any atom is 0.223 e. The van der Waals surface area contributed by atoms with Crippen molar-refractivity contribution in [3.8, 4) is 22.7 Å². The van der Waals surface area contributed by atoms with Crippen molar-refractivity contribution in [2.24, 2.45) is 0 Å². The summed E-state index contributed by atoms with van der Waals surface area (Å²) in [6, 6.07) is 5.71. The van der Waals surface area contributed by atoms with E-state index in [0.29, 0.717) is 35.2 Å². The van der Waals surface area contributed by atoms with Crippen LogP contribution in [0.15, 0.2) is 53.7 Å². The van der Waals surface area contributed by atoms with Gasteiger partial charge in [-0.2, -0.15) is 0 Å². The van der Waals surface area contributed by atoms with Crippen LogP contribution in [0.3, 0.4) is 0 Å². The van der Waals surface area contributed by atoms with E-state index < -0.39 is 0 Å². The summed E-state index contributed by atoms with van der Waals surface area (Å²) in [5, 5.41) is 7.17. The lowest BCUT2D eigenvalue weighted by atomic mass is 10.1. The lowest BCUT2D eigenvalue weighted by molar-refractivity contribution is 0.427. The summed E-state index contributed by atoms with van der Waals surface area (Å²) in [5.41, 5.74) is 4.68. The van der Waals surface area contributed by atoms with Crippen molar-refractivity contribution >= 4 is 5.95 Å². The Balaban J connectivity index is 1.70. The number of aromatic nitrogens is 6. The van der Waals surface area contributed by atoms with Gasteiger partial charge in [0.15, 0.2) is 5.76 Å². The molecule has 0 fully saturated rings. The average Bonchev–Trinajstić information content (AvgIpc) is 3.14. The van der Waals surface area contributed by atoms with Crippen LogP contribution in [0.1, 0.15) is 17.0 Å². The van der Waals surface area contributed by atoms with Gasteiger partial charge in [0.2, 0.25) is 5.95 Å². The normalized spacial score (nSPS) is 10.7. The summed E-state index contributed by atoms with van der Waals surface area (Å²) < 4.78 is 5.40. The Morgan fingerprint density at radius 2 is 1.81 bits per heavy atom. The van der Waals surface area contributed by atoms with Gasteiger partial charge in [-0.15, -0.1) is 0 Å². The van der Waals surface area contributed by atoms with Crippen LogP contribution in [0.2, 0.25) is 0 Å². The van der Waals surface area contributed by atoms with Crippen molar-refractivity contribution in [3.05, 3.63) is 66.1 Å². The number of hydrogen-bond donors (Lipinski definition) is 1. The highest BCUT2D eigenvalue weighted by molar-refractivity contribution is 5.76. The standard InChI is InChI=1S/C19H17N7O/c1-12-7-17(27-26-12)15-10-24-19(23-9-14-3-5-20-6-4-14)25-18(15)16-11-21-13(2)8-22-16/h3-8,10-11H,9H2,1-2H3,(H,23,24,25). The Morgan fingerprint density at radius 1 is 0.963 bits per heavy atom. The maximum absolute atomic E-state index is 5.40. The van der Waals surface area contributed by atoms with E-state index in [4.69, 9.17) is 4.52 Å². The SMILES string of the molecule is Cc1cnc(-c2nc(NCc3ccncc3)ncc2-c2cc(C)no2)cn1. The third-order valence-electron chi connectivity index (χ3n) is 3.91. The molecule has 0 aliphatic rings. The van der Waals surface area contributed by atoms with Gasteiger partial charge < -0.3 is 9.84 Å². The first-order valence-corrected chi connectivity index (χ1v) is 8.41. The van der Waals surface area contributed by atoms with Crippen molar-refractivity contribution in [1.29, 1.82) is 0 Å². The Hall–Kier alpha value is -3.68. The monoisotopic (exact) mass is 359 g/mol. The highest BCUT2D eigenvalue weighted by atomic mass is 16.5. The highest BCUT2D eigenvalue weighted by Crippen LogP contribution is 2.30. The van der Waals surface area contributed by atoms with Gasteiger partial charge in [-0.1, -0.05) is 5.16 Å². The van der Waals surface area contributed by atoms with E-state index in [1.54, 1.807) is 31.0 Å². The molecular formula is C19H17N7O. The van der Waals surface area contributed by atoms with Crippen LogP contribution in [-0.4, -0.2) is 30.1 Å². The first kappa shape index (κ1) is 16.8. The molecule has 0 aliphatic carbocycles. The summed E-state index contributed by atoms with van der Waals surface area (Å²) in [5.74, 6) is 1.08. The van der Waals surface area contributed by atoms with Crippen LogP contribution < -0.4 is 5.32 Å². The van der Waals surface area contributed by atoms with Gasteiger partial charge in [-0.05, 0) is 31.5 Å². The second-order valence-electron chi connectivity index (χ2n) is 6.04. The molecule has 27 heavy (non-hydrogen) atoms. The number of nitrogens with zero attached hydrogens (tertiary/aromatic N) is 6. The highest BCUT2D eigenvalue weighted by Gasteiger charge is 2.16. The van der Waals surface area contributed by atoms with Gasteiger partial charge in [-0.3, -0.25) is 15.0 Å². The molecule has 0 amide bonds. The zero-order chi connectivity index (χ0) is 18.6. The molecule has 8 heteroatoms. The number of hydrogen-bond acceptors (Lipinski definition) is 8. The minimum absolute atomic E-state index is 0.490. The van der Waals surface area contributed by atoms with Crippen molar-refractivity contribution in [1.82, 2.24) is 30.1 Å².